The van der Waals surface area contributed by atoms with Crippen LogP contribution in [0.2, 0.25) is 0 Å². The van der Waals surface area contributed by atoms with E-state index in [-0.39, 0.29) is 18.2 Å². The third-order valence-corrected chi connectivity index (χ3v) is 8.10. The van der Waals surface area contributed by atoms with E-state index in [2.05, 4.69) is 10.6 Å². The number of nitrogens with two attached hydrogens (primary N) is 1. The Morgan fingerprint density at radius 3 is 2.18 bits per heavy atom. The van der Waals surface area contributed by atoms with Crippen molar-refractivity contribution >= 4 is 34.8 Å². The summed E-state index contributed by atoms with van der Waals surface area (Å²) in [5.74, 6) is -2.33. The average molecular weight is 548 g/mol. The molecule has 39 heavy (non-hydrogen) atoms. The van der Waals surface area contributed by atoms with Gasteiger partial charge < -0.3 is 21.5 Å². The Balaban J connectivity index is 1.76. The highest BCUT2D eigenvalue weighted by Gasteiger charge is 2.39. The van der Waals surface area contributed by atoms with Crippen molar-refractivity contribution in [2.75, 3.05) is 20.1 Å². The van der Waals surface area contributed by atoms with Crippen LogP contribution in [0.25, 0.3) is 0 Å². The van der Waals surface area contributed by atoms with Crippen LogP contribution in [0.5, 0.6) is 0 Å². The second-order valence-corrected chi connectivity index (χ2v) is 10.8. The number of Topliss-reactive ketones (excluding diaryl/α,β-unsaturated/α-hetero) is 1. The van der Waals surface area contributed by atoms with Crippen LogP contribution >= 0.6 is 11.3 Å². The molecule has 3 aromatic rings. The normalized spacial score (nSPS) is 16.6. The molecule has 2 aromatic carbocycles. The van der Waals surface area contributed by atoms with Crippen molar-refractivity contribution in [2.24, 2.45) is 5.73 Å². The first kappa shape index (κ1) is 28.2. The van der Waals surface area contributed by atoms with Gasteiger partial charge in [0.15, 0.2) is 5.78 Å². The predicted molar refractivity (Wildman–Crippen MR) is 151 cm³/mol. The number of carbonyl (C=O) groups is 3. The van der Waals surface area contributed by atoms with Gasteiger partial charge in [0.2, 0.25) is 5.91 Å². The molecule has 1 aliphatic rings. The summed E-state index contributed by atoms with van der Waals surface area (Å²) in [5.41, 5.74) is 7.36. The van der Waals surface area contributed by atoms with E-state index < -0.39 is 35.9 Å². The fourth-order valence-corrected chi connectivity index (χ4v) is 6.02. The van der Waals surface area contributed by atoms with Crippen LogP contribution in [0, 0.1) is 5.41 Å². The number of rotatable bonds is 12. The van der Waals surface area contributed by atoms with E-state index in [0.717, 1.165) is 17.5 Å². The second-order valence-electron chi connectivity index (χ2n) is 9.66. The molecule has 1 amide bonds. The highest BCUT2D eigenvalue weighted by Crippen LogP contribution is 2.32. The Bertz CT molecular complexity index is 1270. The summed E-state index contributed by atoms with van der Waals surface area (Å²) in [6.07, 6.45) is 1.52. The van der Waals surface area contributed by atoms with E-state index in [9.17, 15) is 19.5 Å². The number of benzene rings is 2. The van der Waals surface area contributed by atoms with Crippen LogP contribution in [0.3, 0.4) is 0 Å². The Morgan fingerprint density at radius 1 is 1.08 bits per heavy atom. The number of amides is 1. The summed E-state index contributed by atoms with van der Waals surface area (Å²) >= 11 is 1.19. The van der Waals surface area contributed by atoms with Crippen LogP contribution in [-0.4, -0.2) is 65.7 Å². The van der Waals surface area contributed by atoms with E-state index in [1.54, 1.807) is 19.2 Å². The number of thiophene rings is 1. The van der Waals surface area contributed by atoms with Crippen LogP contribution in [0.15, 0.2) is 72.8 Å². The highest BCUT2D eigenvalue weighted by atomic mass is 32.1. The van der Waals surface area contributed by atoms with Crippen molar-refractivity contribution < 1.29 is 19.5 Å². The van der Waals surface area contributed by atoms with Gasteiger partial charge in [-0.3, -0.25) is 24.7 Å². The molecule has 1 aromatic heterocycles. The zero-order valence-electron chi connectivity index (χ0n) is 21.7. The maximum atomic E-state index is 14.2. The van der Waals surface area contributed by atoms with Gasteiger partial charge in [0.1, 0.15) is 17.9 Å². The fourth-order valence-electron chi connectivity index (χ4n) is 5.09. The van der Waals surface area contributed by atoms with Crippen LogP contribution in [0.4, 0.5) is 0 Å². The quantitative estimate of drug-likeness (QED) is 0.173. The third-order valence-electron chi connectivity index (χ3n) is 6.91. The largest absolute Gasteiger partial charge is 0.480 e. The summed E-state index contributed by atoms with van der Waals surface area (Å²) in [5, 5.41) is 23.6. The van der Waals surface area contributed by atoms with E-state index in [1.807, 2.05) is 60.7 Å². The number of nitrogen functional groups attached to an aromatic ring is 1. The molecule has 0 spiro atoms. The number of carboxylic acids is 1. The minimum absolute atomic E-state index is 0.116. The zero-order chi connectivity index (χ0) is 27.9. The summed E-state index contributed by atoms with van der Waals surface area (Å²) in [4.78, 5) is 42.2. The van der Waals surface area contributed by atoms with Crippen molar-refractivity contribution in [2.45, 2.75) is 36.9 Å². The van der Waals surface area contributed by atoms with Gasteiger partial charge in [0, 0.05) is 10.8 Å². The number of hydrogen-bond acceptors (Lipinski definition) is 7. The van der Waals surface area contributed by atoms with Gasteiger partial charge in [-0.1, -0.05) is 60.7 Å². The molecule has 0 radical (unpaired) electrons. The lowest BCUT2D eigenvalue weighted by Gasteiger charge is -2.34. The maximum absolute atomic E-state index is 14.2. The fraction of sp³-hybridized carbons (Fsp3) is 0.310. The molecule has 6 N–H and O–H groups in total. The molecular formula is C29H33N5O4S. The molecule has 0 saturated carbocycles. The minimum Gasteiger partial charge on any atom is -0.480 e. The lowest BCUT2D eigenvalue weighted by Crippen LogP contribution is -2.53. The smallest absolute Gasteiger partial charge is 0.317 e. The predicted octanol–water partition coefficient (Wildman–Crippen LogP) is 2.73. The first-order valence-corrected chi connectivity index (χ1v) is 13.6. The van der Waals surface area contributed by atoms with Crippen molar-refractivity contribution in [1.29, 1.82) is 5.41 Å². The Kier molecular flexibility index (Phi) is 9.23. The molecule has 1 saturated heterocycles. The van der Waals surface area contributed by atoms with Crippen LogP contribution in [-0.2, 0) is 14.4 Å². The van der Waals surface area contributed by atoms with Crippen LogP contribution < -0.4 is 16.4 Å². The molecular weight excluding hydrogens is 514 g/mol. The molecule has 4 rings (SSSR count). The van der Waals surface area contributed by atoms with Gasteiger partial charge in [-0.25, -0.2) is 0 Å². The van der Waals surface area contributed by atoms with Gasteiger partial charge in [-0.05, 0) is 49.7 Å². The van der Waals surface area contributed by atoms with Gasteiger partial charge in [0.05, 0.1) is 17.5 Å². The van der Waals surface area contributed by atoms with Gasteiger partial charge in [-0.2, -0.15) is 0 Å². The zero-order valence-corrected chi connectivity index (χ0v) is 22.5. The lowest BCUT2D eigenvalue weighted by atomic mass is 9.83. The van der Waals surface area contributed by atoms with E-state index in [0.29, 0.717) is 22.7 Å². The monoisotopic (exact) mass is 547 g/mol. The molecule has 1 unspecified atom stereocenters. The maximum Gasteiger partial charge on any atom is 0.317 e. The minimum atomic E-state index is -1.07. The molecule has 10 heteroatoms. The lowest BCUT2D eigenvalue weighted by molar-refractivity contribution is -0.140. The molecule has 0 aliphatic carbocycles. The van der Waals surface area contributed by atoms with E-state index in [1.165, 1.54) is 16.2 Å². The van der Waals surface area contributed by atoms with Crippen molar-refractivity contribution in [3.8, 4) is 0 Å². The number of aliphatic carboxylic acids is 1. The standard InChI is InChI=1S/C29H33N5O4S/c1-34(17-23(35)36)26(24(18-9-4-2-5-10-18)19-11-6-3-7-12-19)29(38)33-25(27(37)20-13-8-16-32-20)21-14-15-22(39-21)28(30)31/h2-7,9-12,14-15,20,24-26,32H,8,13,16-17H2,1H3,(H3,30,31)(H,33,38)(H,35,36)/t20-,25?,26+/m0/s1. The van der Waals surface area contributed by atoms with Gasteiger partial charge in [0.25, 0.3) is 0 Å². The highest BCUT2D eigenvalue weighted by molar-refractivity contribution is 7.14. The third kappa shape index (κ3) is 6.78. The summed E-state index contributed by atoms with van der Waals surface area (Å²) in [6, 6.07) is 20.0. The molecule has 1 fully saturated rings. The van der Waals surface area contributed by atoms with Gasteiger partial charge >= 0.3 is 5.97 Å². The number of amidine groups is 1. The SMILES string of the molecule is CN(CC(=O)O)[C@@H](C(=O)NC(C(=O)[C@@H]1CCCN1)c1ccc(C(=N)N)s1)C(c1ccccc1)c1ccccc1. The molecule has 3 atom stereocenters. The van der Waals surface area contributed by atoms with Crippen molar-refractivity contribution in [3.63, 3.8) is 0 Å². The van der Waals surface area contributed by atoms with Crippen LogP contribution in [0.1, 0.15) is 45.7 Å². The first-order chi connectivity index (χ1) is 18.8. The summed E-state index contributed by atoms with van der Waals surface area (Å²) < 4.78 is 0. The number of hydrogen-bond donors (Lipinski definition) is 5. The number of carboxylic acid groups (broad SMARTS) is 1. The molecule has 9 nitrogen and oxygen atoms in total. The number of nitrogens with zero attached hydrogens (tertiary/aromatic N) is 1. The summed E-state index contributed by atoms with van der Waals surface area (Å²) in [6.45, 7) is 0.346. The summed E-state index contributed by atoms with van der Waals surface area (Å²) in [7, 11) is 1.60. The number of carbonyl (C=O) groups excluding carboxylic acids is 2. The average Bonchev–Trinajstić information content (AvgIpc) is 3.63. The number of ketones is 1. The Labute approximate surface area is 231 Å². The Hall–Kier alpha value is -3.86. The van der Waals surface area contributed by atoms with E-state index >= 15 is 0 Å². The first-order valence-electron chi connectivity index (χ1n) is 12.8. The Morgan fingerprint density at radius 2 is 1.69 bits per heavy atom. The second kappa shape index (κ2) is 12.8. The molecule has 1 aliphatic heterocycles. The number of likely N-dealkylation sites (N-methyl/N-ethyl adjacent to an activating group) is 1. The van der Waals surface area contributed by atoms with Crippen molar-refractivity contribution in [3.05, 3.63) is 93.7 Å². The molecule has 0 bridgehead atoms. The topological polar surface area (TPSA) is 149 Å². The molecule has 204 valence electrons. The molecule has 2 heterocycles. The van der Waals surface area contributed by atoms with Gasteiger partial charge in [-0.15, -0.1) is 11.3 Å². The number of nitrogens with one attached hydrogen (secondary N) is 3. The van der Waals surface area contributed by atoms with E-state index in [4.69, 9.17) is 11.1 Å². The van der Waals surface area contributed by atoms with Crippen molar-refractivity contribution in [1.82, 2.24) is 15.5 Å².